The second kappa shape index (κ2) is 5.60. The Bertz CT molecular complexity index is 823. The number of anilines is 1. The van der Waals surface area contributed by atoms with Crippen molar-refractivity contribution >= 4 is 40.6 Å². The van der Waals surface area contributed by atoms with E-state index in [0.29, 0.717) is 5.02 Å². The highest BCUT2D eigenvalue weighted by molar-refractivity contribution is 6.36. The van der Waals surface area contributed by atoms with Crippen LogP contribution in [0.25, 0.3) is 0 Å². The number of fused-ring (bicyclic) bond motifs is 1. The summed E-state index contributed by atoms with van der Waals surface area (Å²) in [6.07, 6.45) is -0.515. The molecule has 0 aromatic heterocycles. The average Bonchev–Trinajstić information content (AvgIpc) is 2.70. The lowest BCUT2D eigenvalue weighted by Gasteiger charge is -2.21. The van der Waals surface area contributed by atoms with E-state index in [1.54, 1.807) is 0 Å². The third-order valence-corrected chi connectivity index (χ3v) is 4.19. The lowest BCUT2D eigenvalue weighted by atomic mass is 9.88. The Morgan fingerprint density at radius 2 is 1.87 bits per heavy atom. The molecule has 0 spiro atoms. The molecule has 0 radical (unpaired) electrons. The second-order valence-corrected chi connectivity index (χ2v) is 6.08. The van der Waals surface area contributed by atoms with Crippen LogP contribution in [0.3, 0.4) is 0 Å². The summed E-state index contributed by atoms with van der Waals surface area (Å²) in [7, 11) is 0. The van der Waals surface area contributed by atoms with Gasteiger partial charge in [-0.05, 0) is 36.4 Å². The number of carbonyl (C=O) groups is 2. The van der Waals surface area contributed by atoms with Gasteiger partial charge in [0.2, 0.25) is 0 Å². The van der Waals surface area contributed by atoms with Gasteiger partial charge in [0.1, 0.15) is 5.82 Å². The van der Waals surface area contributed by atoms with Crippen molar-refractivity contribution in [3.8, 4) is 0 Å². The monoisotopic (exact) mass is 353 g/mol. The predicted molar refractivity (Wildman–Crippen MR) is 84.3 cm³/mol. The van der Waals surface area contributed by atoms with E-state index in [-0.39, 0.29) is 21.8 Å². The minimum absolute atomic E-state index is 0.0836. The minimum Gasteiger partial charge on any atom is -0.375 e. The average molecular weight is 354 g/mol. The number of Topliss-reactive ketones (excluding diaryl/α,β-unsaturated/α-hetero) is 1. The summed E-state index contributed by atoms with van der Waals surface area (Å²) < 4.78 is 12.9. The largest absolute Gasteiger partial charge is 0.375 e. The second-order valence-electron chi connectivity index (χ2n) is 5.23. The standard InChI is InChI=1S/C16H10Cl2FNO3/c17-9-5-11(18)14-12(6-9)20-15(22)16(14,23)7-13(21)8-1-3-10(19)4-2-8/h1-6,23H,7H2,(H,20,22)/t16-/m0/s1. The molecule has 0 saturated carbocycles. The van der Waals surface area contributed by atoms with E-state index < -0.39 is 29.5 Å². The third kappa shape index (κ3) is 2.72. The van der Waals surface area contributed by atoms with Crippen LogP contribution >= 0.6 is 23.2 Å². The molecule has 2 aromatic carbocycles. The van der Waals surface area contributed by atoms with Crippen molar-refractivity contribution in [2.45, 2.75) is 12.0 Å². The van der Waals surface area contributed by atoms with Crippen molar-refractivity contribution in [2.75, 3.05) is 5.32 Å². The van der Waals surface area contributed by atoms with E-state index in [1.807, 2.05) is 0 Å². The highest BCUT2D eigenvalue weighted by Gasteiger charge is 2.48. The van der Waals surface area contributed by atoms with Crippen molar-refractivity contribution in [1.82, 2.24) is 0 Å². The highest BCUT2D eigenvalue weighted by atomic mass is 35.5. The van der Waals surface area contributed by atoms with Crippen LogP contribution in [0.15, 0.2) is 36.4 Å². The molecule has 7 heteroatoms. The fourth-order valence-corrected chi connectivity index (χ4v) is 3.22. The number of carbonyl (C=O) groups excluding carboxylic acids is 2. The summed E-state index contributed by atoms with van der Waals surface area (Å²) in [6, 6.07) is 7.67. The first-order valence-electron chi connectivity index (χ1n) is 6.63. The lowest BCUT2D eigenvalue weighted by Crippen LogP contribution is -2.36. The molecule has 118 valence electrons. The molecule has 2 N–H and O–H groups in total. The molecule has 0 aliphatic carbocycles. The number of benzene rings is 2. The van der Waals surface area contributed by atoms with Crippen LogP contribution in [0, 0.1) is 5.82 Å². The van der Waals surface area contributed by atoms with Crippen LogP contribution in [0.5, 0.6) is 0 Å². The van der Waals surface area contributed by atoms with Gasteiger partial charge in [0.15, 0.2) is 11.4 Å². The zero-order chi connectivity index (χ0) is 16.8. The number of nitrogens with one attached hydrogen (secondary N) is 1. The smallest absolute Gasteiger partial charge is 0.261 e. The van der Waals surface area contributed by atoms with E-state index >= 15 is 0 Å². The van der Waals surface area contributed by atoms with Crippen molar-refractivity contribution in [2.24, 2.45) is 0 Å². The number of ketones is 1. The number of rotatable bonds is 3. The number of hydrogen-bond donors (Lipinski definition) is 2. The van der Waals surface area contributed by atoms with E-state index in [9.17, 15) is 19.1 Å². The molecule has 0 saturated heterocycles. The Labute approximate surface area is 140 Å². The van der Waals surface area contributed by atoms with Crippen molar-refractivity contribution < 1.29 is 19.1 Å². The third-order valence-electron chi connectivity index (χ3n) is 3.68. The quantitative estimate of drug-likeness (QED) is 0.829. The van der Waals surface area contributed by atoms with Crippen LogP contribution in [0.2, 0.25) is 10.0 Å². The Hall–Kier alpha value is -1.95. The summed E-state index contributed by atoms with van der Waals surface area (Å²) in [4.78, 5) is 24.5. The van der Waals surface area contributed by atoms with Gasteiger partial charge in [-0.25, -0.2) is 4.39 Å². The van der Waals surface area contributed by atoms with Gasteiger partial charge < -0.3 is 10.4 Å². The fourth-order valence-electron chi connectivity index (χ4n) is 2.57. The zero-order valence-corrected chi connectivity index (χ0v) is 13.1. The molecule has 1 aliphatic heterocycles. The maximum absolute atomic E-state index is 12.9. The van der Waals surface area contributed by atoms with Gasteiger partial charge >= 0.3 is 0 Å². The van der Waals surface area contributed by atoms with E-state index in [2.05, 4.69) is 5.32 Å². The Kier molecular flexibility index (Phi) is 3.88. The summed E-state index contributed by atoms with van der Waals surface area (Å²) in [5.41, 5.74) is -1.53. The molecule has 1 heterocycles. The first kappa shape index (κ1) is 15.9. The molecule has 4 nitrogen and oxygen atoms in total. The molecule has 1 atom stereocenters. The zero-order valence-electron chi connectivity index (χ0n) is 11.6. The number of hydrogen-bond acceptors (Lipinski definition) is 3. The Morgan fingerprint density at radius 1 is 1.22 bits per heavy atom. The molecule has 0 bridgehead atoms. The maximum atomic E-state index is 12.9. The van der Waals surface area contributed by atoms with Crippen LogP contribution in [0.4, 0.5) is 10.1 Å². The van der Waals surface area contributed by atoms with Crippen LogP contribution in [-0.4, -0.2) is 16.8 Å². The molecule has 0 fully saturated rings. The van der Waals surface area contributed by atoms with E-state index in [4.69, 9.17) is 23.2 Å². The van der Waals surface area contributed by atoms with Gasteiger partial charge in [0, 0.05) is 16.1 Å². The number of amides is 1. The summed E-state index contributed by atoms with van der Waals surface area (Å²) in [6.45, 7) is 0. The van der Waals surface area contributed by atoms with Gasteiger partial charge in [0.25, 0.3) is 5.91 Å². The normalized spacial score (nSPS) is 19.4. The summed E-state index contributed by atoms with van der Waals surface area (Å²) in [5, 5.41) is 13.6. The van der Waals surface area contributed by atoms with Crippen molar-refractivity contribution in [3.05, 3.63) is 63.4 Å². The van der Waals surface area contributed by atoms with Crippen molar-refractivity contribution in [3.63, 3.8) is 0 Å². The fraction of sp³-hybridized carbons (Fsp3) is 0.125. The first-order valence-corrected chi connectivity index (χ1v) is 7.39. The van der Waals surface area contributed by atoms with Crippen LogP contribution in [-0.2, 0) is 10.4 Å². The predicted octanol–water partition coefficient (Wildman–Crippen LogP) is 3.55. The van der Waals surface area contributed by atoms with E-state index in [1.165, 1.54) is 24.3 Å². The molecule has 2 aromatic rings. The van der Waals surface area contributed by atoms with Crippen LogP contribution < -0.4 is 5.32 Å². The molecule has 0 unspecified atom stereocenters. The molecular weight excluding hydrogens is 344 g/mol. The molecule has 1 amide bonds. The molecule has 1 aliphatic rings. The van der Waals surface area contributed by atoms with Gasteiger partial charge in [-0.1, -0.05) is 23.2 Å². The number of aliphatic hydroxyl groups is 1. The minimum atomic E-state index is -2.09. The van der Waals surface area contributed by atoms with Gasteiger partial charge in [-0.3, -0.25) is 9.59 Å². The lowest BCUT2D eigenvalue weighted by molar-refractivity contribution is -0.133. The van der Waals surface area contributed by atoms with Crippen LogP contribution in [0.1, 0.15) is 22.3 Å². The first-order chi connectivity index (χ1) is 10.8. The highest BCUT2D eigenvalue weighted by Crippen LogP contribution is 2.44. The van der Waals surface area contributed by atoms with Gasteiger partial charge in [0.05, 0.1) is 17.1 Å². The molecule has 23 heavy (non-hydrogen) atoms. The maximum Gasteiger partial charge on any atom is 0.261 e. The Morgan fingerprint density at radius 3 is 2.52 bits per heavy atom. The van der Waals surface area contributed by atoms with Gasteiger partial charge in [-0.2, -0.15) is 0 Å². The topological polar surface area (TPSA) is 66.4 Å². The van der Waals surface area contributed by atoms with Gasteiger partial charge in [-0.15, -0.1) is 0 Å². The van der Waals surface area contributed by atoms with Crippen molar-refractivity contribution in [1.29, 1.82) is 0 Å². The summed E-state index contributed by atoms with van der Waals surface area (Å²) >= 11 is 11.9. The summed E-state index contributed by atoms with van der Waals surface area (Å²) in [5.74, 6) is -1.75. The Balaban J connectivity index is 1.98. The SMILES string of the molecule is O=C(C[C@@]1(O)C(=O)Nc2cc(Cl)cc(Cl)c21)c1ccc(F)cc1. The number of halogens is 3. The van der Waals surface area contributed by atoms with E-state index in [0.717, 1.165) is 12.1 Å². The molecular formula is C16H10Cl2FNO3. The molecule has 3 rings (SSSR count).